The van der Waals surface area contributed by atoms with Crippen LogP contribution in [0.4, 0.5) is 5.69 Å². The Hall–Kier alpha value is -1.83. The number of piperazine rings is 1. The highest BCUT2D eigenvalue weighted by molar-refractivity contribution is 5.80. The monoisotopic (exact) mass is 445 g/mol. The zero-order chi connectivity index (χ0) is 22.6. The molecule has 7 nitrogen and oxygen atoms in total. The molecule has 0 bridgehead atoms. The number of methoxy groups -OCH3 is 1. The molecule has 1 aromatic rings. The van der Waals surface area contributed by atoms with Gasteiger partial charge in [0, 0.05) is 71.6 Å². The second-order valence-corrected chi connectivity index (χ2v) is 9.02. The summed E-state index contributed by atoms with van der Waals surface area (Å²) in [5.41, 5.74) is 2.71. The summed E-state index contributed by atoms with van der Waals surface area (Å²) in [5, 5.41) is 3.57. The average Bonchev–Trinajstić information content (AvgIpc) is 3.28. The Bertz CT molecular complexity index is 691. The molecule has 1 atom stereocenters. The molecule has 2 heterocycles. The highest BCUT2D eigenvalue weighted by Crippen LogP contribution is 2.18. The van der Waals surface area contributed by atoms with E-state index in [-0.39, 0.29) is 0 Å². The minimum Gasteiger partial charge on any atom is -0.382 e. The van der Waals surface area contributed by atoms with E-state index in [2.05, 4.69) is 56.2 Å². The first kappa shape index (κ1) is 24.8. The van der Waals surface area contributed by atoms with Crippen molar-refractivity contribution in [3.05, 3.63) is 29.8 Å². The quantitative estimate of drug-likeness (QED) is 0.321. The molecule has 0 amide bonds. The number of benzene rings is 1. The molecule has 2 fully saturated rings. The molecule has 0 saturated carbocycles. The number of aryl methyl sites for hydroxylation is 1. The van der Waals surface area contributed by atoms with Gasteiger partial charge in [0.2, 0.25) is 0 Å². The Morgan fingerprint density at radius 3 is 2.72 bits per heavy atom. The lowest BCUT2D eigenvalue weighted by Gasteiger charge is -2.36. The molecule has 2 aliphatic rings. The first-order chi connectivity index (χ1) is 15.7. The van der Waals surface area contributed by atoms with Crippen molar-refractivity contribution in [2.75, 3.05) is 91.2 Å². The molecular weight excluding hydrogens is 402 g/mol. The van der Waals surface area contributed by atoms with E-state index in [9.17, 15) is 0 Å². The predicted molar refractivity (Wildman–Crippen MR) is 133 cm³/mol. The van der Waals surface area contributed by atoms with Gasteiger partial charge in [-0.2, -0.15) is 0 Å². The summed E-state index contributed by atoms with van der Waals surface area (Å²) in [6.07, 6.45) is 3.57. The largest absolute Gasteiger partial charge is 0.382 e. The van der Waals surface area contributed by atoms with E-state index >= 15 is 0 Å². The number of aliphatic imine (C=N–C) groups is 1. The molecule has 1 N–H and O–H groups in total. The highest BCUT2D eigenvalue weighted by Gasteiger charge is 2.24. The molecule has 7 heteroatoms. The maximum Gasteiger partial charge on any atom is 0.193 e. The van der Waals surface area contributed by atoms with Gasteiger partial charge in [-0.05, 0) is 50.4 Å². The number of hydrogen-bond donors (Lipinski definition) is 1. The maximum atomic E-state index is 5.71. The number of nitrogens with zero attached hydrogens (tertiary/aromatic N) is 4. The summed E-state index contributed by atoms with van der Waals surface area (Å²) >= 11 is 0. The van der Waals surface area contributed by atoms with Crippen LogP contribution in [0.5, 0.6) is 0 Å². The molecule has 1 aromatic carbocycles. The fraction of sp³-hybridized carbons (Fsp3) is 0.720. The Morgan fingerprint density at radius 2 is 1.97 bits per heavy atom. The summed E-state index contributed by atoms with van der Waals surface area (Å²) < 4.78 is 10.8. The fourth-order valence-electron chi connectivity index (χ4n) is 4.60. The van der Waals surface area contributed by atoms with Gasteiger partial charge >= 0.3 is 0 Å². The lowest BCUT2D eigenvalue weighted by atomic mass is 10.1. The predicted octanol–water partition coefficient (Wildman–Crippen LogP) is 2.46. The number of hydrogen-bond acceptors (Lipinski definition) is 5. The molecule has 0 aromatic heterocycles. The van der Waals surface area contributed by atoms with Crippen molar-refractivity contribution in [2.45, 2.75) is 26.2 Å². The lowest BCUT2D eigenvalue weighted by Crippen LogP contribution is -2.46. The van der Waals surface area contributed by atoms with Gasteiger partial charge in [0.25, 0.3) is 0 Å². The van der Waals surface area contributed by atoms with Crippen molar-refractivity contribution in [3.63, 3.8) is 0 Å². The van der Waals surface area contributed by atoms with Gasteiger partial charge in [-0.3, -0.25) is 9.89 Å². The van der Waals surface area contributed by atoms with Gasteiger partial charge in [-0.1, -0.05) is 12.1 Å². The molecule has 0 radical (unpaired) electrons. The third-order valence-electron chi connectivity index (χ3n) is 6.51. The molecule has 0 spiro atoms. The van der Waals surface area contributed by atoms with Gasteiger partial charge < -0.3 is 24.6 Å². The number of likely N-dealkylation sites (tertiary alicyclic amines) is 1. The number of rotatable bonds is 11. The number of nitrogens with one attached hydrogen (secondary N) is 1. The van der Waals surface area contributed by atoms with Crippen LogP contribution in [0.25, 0.3) is 0 Å². The highest BCUT2D eigenvalue weighted by atomic mass is 16.5. The average molecular weight is 446 g/mol. The molecule has 2 aliphatic heterocycles. The van der Waals surface area contributed by atoms with Crippen molar-refractivity contribution in [1.82, 2.24) is 15.1 Å². The minimum atomic E-state index is 0.587. The number of ether oxygens (including phenoxy) is 2. The first-order valence-electron chi connectivity index (χ1n) is 12.3. The number of unbranched alkanes of at least 4 members (excludes halogenated alkanes) is 1. The molecule has 3 rings (SSSR count). The smallest absolute Gasteiger partial charge is 0.193 e. The van der Waals surface area contributed by atoms with Crippen LogP contribution in [0, 0.1) is 12.8 Å². The van der Waals surface area contributed by atoms with Gasteiger partial charge in [-0.15, -0.1) is 0 Å². The molecule has 180 valence electrons. The third-order valence-corrected chi connectivity index (χ3v) is 6.51. The Balaban J connectivity index is 1.25. The van der Waals surface area contributed by atoms with Crippen molar-refractivity contribution < 1.29 is 9.47 Å². The fourth-order valence-corrected chi connectivity index (χ4v) is 4.60. The Labute approximate surface area is 194 Å². The zero-order valence-corrected chi connectivity index (χ0v) is 20.4. The molecule has 1 unspecified atom stereocenters. The van der Waals surface area contributed by atoms with E-state index in [0.717, 1.165) is 58.4 Å². The van der Waals surface area contributed by atoms with Crippen molar-refractivity contribution in [1.29, 1.82) is 0 Å². The van der Waals surface area contributed by atoms with Crippen LogP contribution in [0.2, 0.25) is 0 Å². The third kappa shape index (κ3) is 7.94. The van der Waals surface area contributed by atoms with Crippen LogP contribution in [-0.4, -0.2) is 102 Å². The van der Waals surface area contributed by atoms with E-state index in [1.165, 1.54) is 37.1 Å². The lowest BCUT2D eigenvalue weighted by molar-refractivity contribution is 0.0536. The van der Waals surface area contributed by atoms with Crippen molar-refractivity contribution in [3.8, 4) is 0 Å². The van der Waals surface area contributed by atoms with Crippen LogP contribution < -0.4 is 10.2 Å². The van der Waals surface area contributed by atoms with Gasteiger partial charge in [-0.25, -0.2) is 0 Å². The summed E-state index contributed by atoms with van der Waals surface area (Å²) in [4.78, 5) is 12.0. The van der Waals surface area contributed by atoms with Gasteiger partial charge in [0.05, 0.1) is 19.8 Å². The van der Waals surface area contributed by atoms with Crippen LogP contribution >= 0.6 is 0 Å². The summed E-state index contributed by atoms with van der Waals surface area (Å²) in [6.45, 7) is 13.2. The summed E-state index contributed by atoms with van der Waals surface area (Å²) in [7, 11) is 3.60. The zero-order valence-electron chi connectivity index (χ0n) is 20.4. The van der Waals surface area contributed by atoms with Crippen LogP contribution in [0.3, 0.4) is 0 Å². The summed E-state index contributed by atoms with van der Waals surface area (Å²) in [6, 6.07) is 8.86. The van der Waals surface area contributed by atoms with E-state index < -0.39 is 0 Å². The second-order valence-electron chi connectivity index (χ2n) is 9.02. The normalized spacial score (nSPS) is 20.2. The van der Waals surface area contributed by atoms with E-state index in [0.29, 0.717) is 19.1 Å². The summed E-state index contributed by atoms with van der Waals surface area (Å²) in [5.74, 6) is 1.63. The number of anilines is 1. The second kappa shape index (κ2) is 13.7. The standard InChI is InChI=1S/C25H43N5O2/c1-22-7-6-8-24(19-22)29-15-13-28(14-16-29)11-5-4-10-27-25(26-2)30-12-9-23(20-30)21-32-18-17-31-3/h6-8,19,23H,4-5,9-18,20-21H2,1-3H3,(H,26,27). The van der Waals surface area contributed by atoms with Crippen molar-refractivity contribution in [2.24, 2.45) is 10.9 Å². The molecule has 0 aliphatic carbocycles. The van der Waals surface area contributed by atoms with E-state index in [1.807, 2.05) is 7.05 Å². The van der Waals surface area contributed by atoms with Crippen LogP contribution in [-0.2, 0) is 9.47 Å². The topological polar surface area (TPSA) is 52.6 Å². The SMILES string of the molecule is CN=C(NCCCCN1CCN(c2cccc(C)c2)CC1)N1CCC(COCCOC)C1. The number of guanidine groups is 1. The van der Waals surface area contributed by atoms with Crippen LogP contribution in [0.15, 0.2) is 29.3 Å². The molecule has 2 saturated heterocycles. The van der Waals surface area contributed by atoms with Gasteiger partial charge in [0.15, 0.2) is 5.96 Å². The Morgan fingerprint density at radius 1 is 1.12 bits per heavy atom. The molecular formula is C25H43N5O2. The molecule has 32 heavy (non-hydrogen) atoms. The van der Waals surface area contributed by atoms with E-state index in [4.69, 9.17) is 9.47 Å². The van der Waals surface area contributed by atoms with Crippen molar-refractivity contribution >= 4 is 11.6 Å². The minimum absolute atomic E-state index is 0.587. The first-order valence-corrected chi connectivity index (χ1v) is 12.3. The van der Waals surface area contributed by atoms with Crippen LogP contribution in [0.1, 0.15) is 24.8 Å². The van der Waals surface area contributed by atoms with Gasteiger partial charge in [0.1, 0.15) is 0 Å². The van der Waals surface area contributed by atoms with E-state index in [1.54, 1.807) is 7.11 Å². The maximum absolute atomic E-state index is 5.71. The Kier molecular flexibility index (Phi) is 10.6.